The molecule has 6 N–H and O–H groups in total. The quantitative estimate of drug-likeness (QED) is 0.561. The van der Waals surface area contributed by atoms with E-state index in [-0.39, 0.29) is 35.3 Å². The molecule has 1 fully saturated rings. The number of hydrogen-bond donors (Lipinski definition) is 4. The van der Waals surface area contributed by atoms with Crippen molar-refractivity contribution in [3.63, 3.8) is 0 Å². The van der Waals surface area contributed by atoms with Gasteiger partial charge in [-0.25, -0.2) is 13.6 Å². The fraction of sp³-hybridized carbons (Fsp3) is 0.467. The van der Waals surface area contributed by atoms with Crippen LogP contribution in [0.5, 0.6) is 0 Å². The summed E-state index contributed by atoms with van der Waals surface area (Å²) in [6.07, 6.45) is 3.48. The molecule has 1 aromatic carbocycles. The summed E-state index contributed by atoms with van der Waals surface area (Å²) in [5, 5.41) is 10.8. The standard InChI is InChI=1S/C15H22N4O4S/c16-9-14(20)18-12-3-1-2-4-13(12)19-15(21)10-5-7-11(8-6-10)24(17,22)23/h5-8,12-13H,1-4,9,16H2,(H,18,20)(H,19,21)(H2,17,22,23)/t12-,13+/m1/s1. The first kappa shape index (κ1) is 18.4. The molecule has 8 nitrogen and oxygen atoms in total. The molecule has 1 aliphatic rings. The number of sulfonamides is 1. The van der Waals surface area contributed by atoms with E-state index in [0.717, 1.165) is 25.7 Å². The van der Waals surface area contributed by atoms with Crippen LogP contribution in [0.25, 0.3) is 0 Å². The van der Waals surface area contributed by atoms with Gasteiger partial charge < -0.3 is 16.4 Å². The van der Waals surface area contributed by atoms with Crippen molar-refractivity contribution in [2.45, 2.75) is 42.7 Å². The second-order valence-corrected chi connectivity index (χ2v) is 7.37. The van der Waals surface area contributed by atoms with Gasteiger partial charge in [-0.1, -0.05) is 12.8 Å². The minimum absolute atomic E-state index is 0.0511. The van der Waals surface area contributed by atoms with Gasteiger partial charge in [-0.3, -0.25) is 9.59 Å². The van der Waals surface area contributed by atoms with Gasteiger partial charge in [0, 0.05) is 17.6 Å². The maximum Gasteiger partial charge on any atom is 0.251 e. The highest BCUT2D eigenvalue weighted by Gasteiger charge is 2.27. The third kappa shape index (κ3) is 4.76. The highest BCUT2D eigenvalue weighted by molar-refractivity contribution is 7.89. The third-order valence-electron chi connectivity index (χ3n) is 4.06. The Kier molecular flexibility index (Phi) is 5.92. The summed E-state index contributed by atoms with van der Waals surface area (Å²) in [6.45, 7) is -0.0911. The van der Waals surface area contributed by atoms with Gasteiger partial charge in [-0.05, 0) is 37.1 Å². The fourth-order valence-corrected chi connectivity index (χ4v) is 3.31. The van der Waals surface area contributed by atoms with Crippen LogP contribution in [0.2, 0.25) is 0 Å². The topological polar surface area (TPSA) is 144 Å². The first-order valence-electron chi connectivity index (χ1n) is 7.74. The molecule has 9 heteroatoms. The molecule has 0 aliphatic heterocycles. The molecule has 1 aromatic rings. The van der Waals surface area contributed by atoms with E-state index in [1.165, 1.54) is 24.3 Å². The molecule has 0 aromatic heterocycles. The third-order valence-corrected chi connectivity index (χ3v) is 4.99. The Morgan fingerprint density at radius 1 is 1.04 bits per heavy atom. The SMILES string of the molecule is NCC(=O)N[C@@H]1CCCC[C@@H]1NC(=O)c1ccc(S(N)(=O)=O)cc1. The van der Waals surface area contributed by atoms with Crippen molar-refractivity contribution < 1.29 is 18.0 Å². The Morgan fingerprint density at radius 3 is 2.08 bits per heavy atom. The second kappa shape index (κ2) is 7.73. The van der Waals surface area contributed by atoms with Crippen LogP contribution in [0.1, 0.15) is 36.0 Å². The summed E-state index contributed by atoms with van der Waals surface area (Å²) in [5.41, 5.74) is 5.65. The molecular weight excluding hydrogens is 332 g/mol. The molecule has 2 amide bonds. The number of nitrogens with two attached hydrogens (primary N) is 2. The molecule has 0 heterocycles. The first-order valence-corrected chi connectivity index (χ1v) is 9.29. The van der Waals surface area contributed by atoms with Crippen molar-refractivity contribution in [3.8, 4) is 0 Å². The van der Waals surface area contributed by atoms with E-state index >= 15 is 0 Å². The fourth-order valence-electron chi connectivity index (χ4n) is 2.79. The van der Waals surface area contributed by atoms with Crippen LogP contribution >= 0.6 is 0 Å². The predicted molar refractivity (Wildman–Crippen MR) is 88.5 cm³/mol. The van der Waals surface area contributed by atoms with E-state index in [0.29, 0.717) is 5.56 Å². The lowest BCUT2D eigenvalue weighted by atomic mass is 9.90. The molecule has 0 unspecified atom stereocenters. The number of hydrogen-bond acceptors (Lipinski definition) is 5. The minimum Gasteiger partial charge on any atom is -0.350 e. The Bertz CT molecular complexity index is 703. The maximum absolute atomic E-state index is 12.3. The van der Waals surface area contributed by atoms with Gasteiger partial charge >= 0.3 is 0 Å². The Balaban J connectivity index is 2.05. The Hall–Kier alpha value is -1.97. The second-order valence-electron chi connectivity index (χ2n) is 5.81. The van der Waals surface area contributed by atoms with E-state index in [9.17, 15) is 18.0 Å². The molecule has 0 bridgehead atoms. The molecule has 0 radical (unpaired) electrons. The lowest BCUT2D eigenvalue weighted by Gasteiger charge is -2.32. The lowest BCUT2D eigenvalue weighted by Crippen LogP contribution is -2.54. The number of benzene rings is 1. The van der Waals surface area contributed by atoms with Crippen LogP contribution in [0.4, 0.5) is 0 Å². The van der Waals surface area contributed by atoms with Gasteiger partial charge in [0.05, 0.1) is 11.4 Å². The van der Waals surface area contributed by atoms with E-state index in [1.54, 1.807) is 0 Å². The van der Waals surface area contributed by atoms with Crippen LogP contribution in [0.15, 0.2) is 29.2 Å². The predicted octanol–water partition coefficient (Wildman–Crippen LogP) is -0.550. The number of carbonyl (C=O) groups is 2. The monoisotopic (exact) mass is 354 g/mol. The average Bonchev–Trinajstić information content (AvgIpc) is 2.55. The van der Waals surface area contributed by atoms with Crippen LogP contribution in [-0.4, -0.2) is 38.9 Å². The highest BCUT2D eigenvalue weighted by atomic mass is 32.2. The summed E-state index contributed by atoms with van der Waals surface area (Å²) in [5.74, 6) is -0.575. The molecule has 0 spiro atoms. The summed E-state index contributed by atoms with van der Waals surface area (Å²) < 4.78 is 22.5. The van der Waals surface area contributed by atoms with E-state index in [2.05, 4.69) is 10.6 Å². The van der Waals surface area contributed by atoms with Gasteiger partial charge in [0.25, 0.3) is 5.91 Å². The van der Waals surface area contributed by atoms with Gasteiger partial charge in [0.15, 0.2) is 0 Å². The summed E-state index contributed by atoms with van der Waals surface area (Å²) in [6, 6.07) is 5.07. The number of carbonyl (C=O) groups excluding carboxylic acids is 2. The highest BCUT2D eigenvalue weighted by Crippen LogP contribution is 2.19. The zero-order valence-electron chi connectivity index (χ0n) is 13.2. The van der Waals surface area contributed by atoms with Gasteiger partial charge in [-0.15, -0.1) is 0 Å². The zero-order chi connectivity index (χ0) is 17.7. The molecule has 24 heavy (non-hydrogen) atoms. The molecule has 2 rings (SSSR count). The van der Waals surface area contributed by atoms with Crippen molar-refractivity contribution in [2.75, 3.05) is 6.54 Å². The molecule has 1 saturated carbocycles. The summed E-state index contributed by atoms with van der Waals surface area (Å²) in [4.78, 5) is 23.8. The molecule has 1 aliphatic carbocycles. The van der Waals surface area contributed by atoms with Crippen molar-refractivity contribution in [1.29, 1.82) is 0 Å². The number of amides is 2. The Labute approximate surface area is 141 Å². The van der Waals surface area contributed by atoms with Crippen molar-refractivity contribution in [3.05, 3.63) is 29.8 Å². The number of rotatable bonds is 5. The van der Waals surface area contributed by atoms with Gasteiger partial charge in [0.1, 0.15) is 0 Å². The maximum atomic E-state index is 12.3. The van der Waals surface area contributed by atoms with E-state index in [4.69, 9.17) is 10.9 Å². The smallest absolute Gasteiger partial charge is 0.251 e. The van der Waals surface area contributed by atoms with E-state index in [1.807, 2.05) is 0 Å². The van der Waals surface area contributed by atoms with E-state index < -0.39 is 10.0 Å². The first-order chi connectivity index (χ1) is 11.3. The van der Waals surface area contributed by atoms with Gasteiger partial charge in [-0.2, -0.15) is 0 Å². The minimum atomic E-state index is -3.79. The molecular formula is C15H22N4O4S. The Morgan fingerprint density at radius 2 is 1.58 bits per heavy atom. The van der Waals surface area contributed by atoms with Crippen LogP contribution < -0.4 is 21.5 Å². The lowest BCUT2D eigenvalue weighted by molar-refractivity contribution is -0.120. The van der Waals surface area contributed by atoms with Crippen molar-refractivity contribution in [2.24, 2.45) is 10.9 Å². The number of primary sulfonamides is 1. The zero-order valence-corrected chi connectivity index (χ0v) is 14.0. The number of nitrogens with one attached hydrogen (secondary N) is 2. The van der Waals surface area contributed by atoms with Gasteiger partial charge in [0.2, 0.25) is 15.9 Å². The van der Waals surface area contributed by atoms with Crippen LogP contribution in [0, 0.1) is 0 Å². The van der Waals surface area contributed by atoms with Crippen molar-refractivity contribution >= 4 is 21.8 Å². The molecule has 132 valence electrons. The largest absolute Gasteiger partial charge is 0.350 e. The molecule has 2 atom stereocenters. The average molecular weight is 354 g/mol. The summed E-state index contributed by atoms with van der Waals surface area (Å²) >= 11 is 0. The van der Waals surface area contributed by atoms with Crippen LogP contribution in [0.3, 0.4) is 0 Å². The molecule has 0 saturated heterocycles. The van der Waals surface area contributed by atoms with Crippen LogP contribution in [-0.2, 0) is 14.8 Å². The summed E-state index contributed by atoms with van der Waals surface area (Å²) in [7, 11) is -3.79. The normalized spacial score (nSPS) is 21.1. The van der Waals surface area contributed by atoms with Crippen molar-refractivity contribution in [1.82, 2.24) is 10.6 Å².